The summed E-state index contributed by atoms with van der Waals surface area (Å²) >= 11 is 0. The SMILES string of the molecule is N#Cc1ccccc1C1NC(CC(=O)O)(C(=O)O)C2C(=O)N(Cc3cccc4ccccc34)C(=O)C12. The quantitative estimate of drug-likeness (QED) is 0.453. The van der Waals surface area contributed by atoms with Crippen LogP contribution in [0, 0.1) is 23.2 Å². The summed E-state index contributed by atoms with van der Waals surface area (Å²) in [6.07, 6.45) is -0.907. The number of hydrogen-bond donors (Lipinski definition) is 3. The molecule has 0 bridgehead atoms. The van der Waals surface area contributed by atoms with Crippen molar-refractivity contribution in [1.29, 1.82) is 5.26 Å². The summed E-state index contributed by atoms with van der Waals surface area (Å²) < 4.78 is 0. The Morgan fingerprint density at radius 3 is 2.39 bits per heavy atom. The van der Waals surface area contributed by atoms with Gasteiger partial charge in [-0.15, -0.1) is 0 Å². The van der Waals surface area contributed by atoms with Crippen molar-refractivity contribution >= 4 is 34.5 Å². The van der Waals surface area contributed by atoms with Gasteiger partial charge in [-0.05, 0) is 28.0 Å². The zero-order valence-corrected chi connectivity index (χ0v) is 18.9. The van der Waals surface area contributed by atoms with E-state index in [2.05, 4.69) is 5.32 Å². The van der Waals surface area contributed by atoms with Gasteiger partial charge in [0.05, 0.1) is 36.4 Å². The van der Waals surface area contributed by atoms with E-state index in [9.17, 15) is 34.7 Å². The zero-order valence-electron chi connectivity index (χ0n) is 18.9. The number of carbonyl (C=O) groups excluding carboxylic acids is 2. The van der Waals surface area contributed by atoms with Gasteiger partial charge in [-0.3, -0.25) is 29.4 Å². The molecule has 9 heteroatoms. The van der Waals surface area contributed by atoms with Crippen LogP contribution in [0.5, 0.6) is 0 Å². The second kappa shape index (κ2) is 8.59. The Kier molecular flexibility index (Phi) is 5.54. The van der Waals surface area contributed by atoms with Gasteiger partial charge < -0.3 is 10.2 Å². The minimum atomic E-state index is -2.22. The number of carbonyl (C=O) groups is 4. The van der Waals surface area contributed by atoms with Gasteiger partial charge in [0.1, 0.15) is 5.54 Å². The molecule has 3 aromatic carbocycles. The van der Waals surface area contributed by atoms with Crippen LogP contribution in [-0.2, 0) is 25.7 Å². The Morgan fingerprint density at radius 1 is 0.972 bits per heavy atom. The smallest absolute Gasteiger partial charge is 0.325 e. The molecule has 4 atom stereocenters. The minimum Gasteiger partial charge on any atom is -0.481 e. The average molecular weight is 483 g/mol. The average Bonchev–Trinajstić information content (AvgIpc) is 3.33. The normalized spacial score (nSPS) is 25.1. The number of carboxylic acids is 2. The van der Waals surface area contributed by atoms with Crippen molar-refractivity contribution in [2.75, 3.05) is 0 Å². The third-order valence-electron chi connectivity index (χ3n) is 7.18. The fraction of sp³-hybridized carbons (Fsp3) is 0.222. The number of fused-ring (bicyclic) bond motifs is 2. The Hall–Kier alpha value is -4.55. The second-order valence-corrected chi connectivity index (χ2v) is 9.07. The van der Waals surface area contributed by atoms with E-state index in [1.807, 2.05) is 42.5 Å². The third-order valence-corrected chi connectivity index (χ3v) is 7.18. The maximum absolute atomic E-state index is 13.8. The highest BCUT2D eigenvalue weighted by molar-refractivity contribution is 6.10. The fourth-order valence-corrected chi connectivity index (χ4v) is 5.63. The molecule has 4 unspecified atom stereocenters. The van der Waals surface area contributed by atoms with Crippen molar-refractivity contribution in [1.82, 2.24) is 10.2 Å². The number of imide groups is 1. The molecule has 2 heterocycles. The molecule has 0 radical (unpaired) electrons. The van der Waals surface area contributed by atoms with E-state index in [4.69, 9.17) is 0 Å². The summed E-state index contributed by atoms with van der Waals surface area (Å²) in [4.78, 5) is 52.8. The molecule has 36 heavy (non-hydrogen) atoms. The summed E-state index contributed by atoms with van der Waals surface area (Å²) in [7, 11) is 0. The van der Waals surface area contributed by atoms with Gasteiger partial charge in [0.2, 0.25) is 11.8 Å². The standard InChI is InChI=1S/C27H21N3O6/c28-13-16-7-2-4-11-19(16)23-21-22(27(29-23,26(35)36)12-20(31)32)25(34)30(24(21)33)14-17-9-5-8-15-6-1-3-10-18(15)17/h1-11,21-23,29H,12,14H2,(H,31,32)(H,35,36). The number of amides is 2. The number of nitrogens with zero attached hydrogens (tertiary/aromatic N) is 2. The highest BCUT2D eigenvalue weighted by Crippen LogP contribution is 2.51. The van der Waals surface area contributed by atoms with Crippen LogP contribution < -0.4 is 5.32 Å². The molecule has 3 N–H and O–H groups in total. The molecule has 5 rings (SSSR count). The summed E-state index contributed by atoms with van der Waals surface area (Å²) in [6, 6.07) is 20.4. The van der Waals surface area contributed by atoms with Crippen LogP contribution in [0.25, 0.3) is 10.8 Å². The first-order valence-corrected chi connectivity index (χ1v) is 11.3. The van der Waals surface area contributed by atoms with Crippen LogP contribution in [0.15, 0.2) is 66.7 Å². The lowest BCUT2D eigenvalue weighted by atomic mass is 9.77. The molecule has 0 saturated carbocycles. The van der Waals surface area contributed by atoms with E-state index >= 15 is 0 Å². The van der Waals surface area contributed by atoms with E-state index in [1.54, 1.807) is 24.3 Å². The Bertz CT molecular complexity index is 1470. The summed E-state index contributed by atoms with van der Waals surface area (Å²) in [5, 5.41) is 34.0. The van der Waals surface area contributed by atoms with E-state index in [0.717, 1.165) is 15.7 Å². The molecular formula is C27H21N3O6. The van der Waals surface area contributed by atoms with Crippen LogP contribution in [0.3, 0.4) is 0 Å². The lowest BCUT2D eigenvalue weighted by Gasteiger charge is -2.30. The van der Waals surface area contributed by atoms with Gasteiger partial charge in [0.15, 0.2) is 0 Å². The molecule has 9 nitrogen and oxygen atoms in total. The Morgan fingerprint density at radius 2 is 1.67 bits per heavy atom. The molecule has 2 fully saturated rings. The summed E-state index contributed by atoms with van der Waals surface area (Å²) in [6.45, 7) is -0.0819. The first kappa shape index (κ1) is 23.2. The number of nitrogens with one attached hydrogen (secondary N) is 1. The van der Waals surface area contributed by atoms with E-state index in [0.29, 0.717) is 11.1 Å². The predicted molar refractivity (Wildman–Crippen MR) is 126 cm³/mol. The topological polar surface area (TPSA) is 148 Å². The molecule has 2 amide bonds. The predicted octanol–water partition coefficient (Wildman–Crippen LogP) is 2.46. The van der Waals surface area contributed by atoms with Gasteiger partial charge in [-0.1, -0.05) is 60.7 Å². The molecule has 2 aliphatic rings. The van der Waals surface area contributed by atoms with E-state index in [-0.39, 0.29) is 12.1 Å². The van der Waals surface area contributed by atoms with Gasteiger partial charge in [-0.25, -0.2) is 0 Å². The van der Waals surface area contributed by atoms with Gasteiger partial charge >= 0.3 is 11.9 Å². The highest BCUT2D eigenvalue weighted by atomic mass is 16.4. The van der Waals surface area contributed by atoms with Crippen LogP contribution in [0.1, 0.15) is 29.2 Å². The number of rotatable bonds is 6. The van der Waals surface area contributed by atoms with E-state index < -0.39 is 53.6 Å². The Balaban J connectivity index is 1.63. The lowest BCUT2D eigenvalue weighted by Crippen LogP contribution is -2.56. The van der Waals surface area contributed by atoms with Crippen molar-refractivity contribution in [3.63, 3.8) is 0 Å². The number of likely N-dealkylation sites (tertiary alicyclic amines) is 1. The second-order valence-electron chi connectivity index (χ2n) is 9.07. The van der Waals surface area contributed by atoms with Crippen molar-refractivity contribution in [2.24, 2.45) is 11.8 Å². The van der Waals surface area contributed by atoms with Crippen molar-refractivity contribution in [3.8, 4) is 6.07 Å². The third kappa shape index (κ3) is 3.42. The van der Waals surface area contributed by atoms with Crippen LogP contribution in [0.2, 0.25) is 0 Å². The number of benzene rings is 3. The minimum absolute atomic E-state index is 0.0819. The Labute approximate surface area is 205 Å². The van der Waals surface area contributed by atoms with E-state index in [1.165, 1.54) is 6.07 Å². The molecule has 3 aromatic rings. The van der Waals surface area contributed by atoms with Gasteiger partial charge in [0, 0.05) is 6.04 Å². The van der Waals surface area contributed by atoms with Gasteiger partial charge in [-0.2, -0.15) is 5.26 Å². The summed E-state index contributed by atoms with van der Waals surface area (Å²) in [5.74, 6) is -6.94. The maximum atomic E-state index is 13.8. The maximum Gasteiger partial charge on any atom is 0.325 e. The molecular weight excluding hydrogens is 462 g/mol. The van der Waals surface area contributed by atoms with Crippen LogP contribution >= 0.6 is 0 Å². The van der Waals surface area contributed by atoms with Crippen LogP contribution in [0.4, 0.5) is 0 Å². The molecule has 2 saturated heterocycles. The van der Waals surface area contributed by atoms with Crippen molar-refractivity contribution in [2.45, 2.75) is 24.5 Å². The molecule has 0 aliphatic carbocycles. The highest BCUT2D eigenvalue weighted by Gasteiger charge is 2.69. The largest absolute Gasteiger partial charge is 0.481 e. The number of nitriles is 1. The molecule has 0 spiro atoms. The molecule has 0 aromatic heterocycles. The lowest BCUT2D eigenvalue weighted by molar-refractivity contribution is -0.156. The van der Waals surface area contributed by atoms with Crippen LogP contribution in [-0.4, -0.2) is 44.4 Å². The monoisotopic (exact) mass is 483 g/mol. The molecule has 2 aliphatic heterocycles. The molecule has 180 valence electrons. The van der Waals surface area contributed by atoms with Crippen molar-refractivity contribution < 1.29 is 29.4 Å². The summed E-state index contributed by atoms with van der Waals surface area (Å²) in [5.41, 5.74) is -0.963. The number of hydrogen-bond acceptors (Lipinski definition) is 6. The number of carboxylic acid groups (broad SMARTS) is 2. The van der Waals surface area contributed by atoms with Crippen molar-refractivity contribution in [3.05, 3.63) is 83.4 Å². The zero-order chi connectivity index (χ0) is 25.6. The first-order chi connectivity index (χ1) is 17.3. The first-order valence-electron chi connectivity index (χ1n) is 11.3. The fourth-order valence-electron chi connectivity index (χ4n) is 5.63. The van der Waals surface area contributed by atoms with Gasteiger partial charge in [0.25, 0.3) is 0 Å². The number of aliphatic carboxylic acids is 2.